The molecule has 2 rings (SSSR count). The number of amides is 1. The van der Waals surface area contributed by atoms with Gasteiger partial charge in [0.05, 0.1) is 23.7 Å². The average molecular weight is 306 g/mol. The van der Waals surface area contributed by atoms with Gasteiger partial charge < -0.3 is 14.6 Å². The van der Waals surface area contributed by atoms with Crippen molar-refractivity contribution in [1.82, 2.24) is 5.16 Å². The fourth-order valence-electron chi connectivity index (χ4n) is 1.75. The normalized spacial score (nSPS) is 12.0. The second-order valence-electron chi connectivity index (χ2n) is 4.57. The summed E-state index contributed by atoms with van der Waals surface area (Å²) in [5.74, 6) is 1.99. The van der Waals surface area contributed by atoms with Crippen molar-refractivity contribution >= 4 is 23.4 Å². The molecule has 1 aromatic carbocycles. The number of nitrogens with zero attached hydrogens (tertiary/aromatic N) is 1. The lowest BCUT2D eigenvalue weighted by Gasteiger charge is -2.13. The molecule has 0 fully saturated rings. The van der Waals surface area contributed by atoms with Gasteiger partial charge in [-0.2, -0.15) is 0 Å². The van der Waals surface area contributed by atoms with Gasteiger partial charge in [-0.25, -0.2) is 0 Å². The fraction of sp³-hybridized carbons (Fsp3) is 0.333. The number of carbonyl (C=O) groups excluding carboxylic acids is 1. The van der Waals surface area contributed by atoms with Gasteiger partial charge in [0.25, 0.3) is 0 Å². The Morgan fingerprint density at radius 1 is 1.48 bits per heavy atom. The van der Waals surface area contributed by atoms with E-state index in [1.165, 1.54) is 11.8 Å². The number of hydrogen-bond donors (Lipinski definition) is 1. The van der Waals surface area contributed by atoms with Crippen molar-refractivity contribution in [3.8, 4) is 5.75 Å². The van der Waals surface area contributed by atoms with Gasteiger partial charge in [-0.1, -0.05) is 17.3 Å². The Bertz CT molecular complexity index is 612. The van der Waals surface area contributed by atoms with Crippen LogP contribution in [0.1, 0.15) is 18.4 Å². The highest BCUT2D eigenvalue weighted by Gasteiger charge is 2.16. The summed E-state index contributed by atoms with van der Waals surface area (Å²) in [7, 11) is 1.58. The van der Waals surface area contributed by atoms with Crippen LogP contribution in [0.3, 0.4) is 0 Å². The van der Waals surface area contributed by atoms with Gasteiger partial charge in [0.15, 0.2) is 0 Å². The molecule has 1 atom stereocenters. The first-order valence-corrected chi connectivity index (χ1v) is 7.62. The number of methoxy groups -OCH3 is 1. The molecule has 1 aromatic heterocycles. The minimum Gasteiger partial charge on any atom is -0.495 e. The van der Waals surface area contributed by atoms with Crippen molar-refractivity contribution in [3.05, 3.63) is 41.8 Å². The predicted molar refractivity (Wildman–Crippen MR) is 83.6 cm³/mol. The summed E-state index contributed by atoms with van der Waals surface area (Å²) in [4.78, 5) is 12.2. The van der Waals surface area contributed by atoms with Gasteiger partial charge in [0.1, 0.15) is 11.5 Å². The second-order valence-corrected chi connectivity index (χ2v) is 5.90. The summed E-state index contributed by atoms with van der Waals surface area (Å²) in [6.45, 7) is 3.71. The molecule has 0 aliphatic rings. The number of ether oxygens (including phenoxy) is 1. The molecule has 1 amide bonds. The summed E-state index contributed by atoms with van der Waals surface area (Å²) < 4.78 is 10.2. The molecule has 0 aliphatic carbocycles. The molecule has 0 aliphatic heterocycles. The standard InChI is InChI=1S/C15H18N2O3S/c1-10-8-12(17-20-10)9-21-11(2)15(18)16-13-6-4-5-7-14(13)19-3/h4-8,11H,9H2,1-3H3,(H,16,18)/t11-/m1/s1. The third-order valence-electron chi connectivity index (χ3n) is 2.89. The zero-order valence-electron chi connectivity index (χ0n) is 12.3. The van der Waals surface area contributed by atoms with Gasteiger partial charge >= 0.3 is 0 Å². The topological polar surface area (TPSA) is 64.4 Å². The van der Waals surface area contributed by atoms with Crippen molar-refractivity contribution < 1.29 is 14.1 Å². The Hall–Kier alpha value is -1.95. The molecule has 1 heterocycles. The molecule has 1 N–H and O–H groups in total. The number of anilines is 1. The third-order valence-corrected chi connectivity index (χ3v) is 4.07. The van der Waals surface area contributed by atoms with Crippen LogP contribution in [-0.4, -0.2) is 23.4 Å². The number of hydrogen-bond acceptors (Lipinski definition) is 5. The fourth-order valence-corrected chi connectivity index (χ4v) is 2.52. The summed E-state index contributed by atoms with van der Waals surface area (Å²) >= 11 is 1.51. The molecule has 21 heavy (non-hydrogen) atoms. The zero-order valence-corrected chi connectivity index (χ0v) is 13.1. The Balaban J connectivity index is 1.90. The smallest absolute Gasteiger partial charge is 0.237 e. The Kier molecular flexibility index (Phi) is 5.27. The van der Waals surface area contributed by atoms with Gasteiger partial charge in [0.2, 0.25) is 5.91 Å². The van der Waals surface area contributed by atoms with E-state index in [4.69, 9.17) is 9.26 Å². The minimum absolute atomic E-state index is 0.0651. The average Bonchev–Trinajstić information content (AvgIpc) is 2.91. The first-order valence-electron chi connectivity index (χ1n) is 6.58. The van der Waals surface area contributed by atoms with Crippen LogP contribution in [0, 0.1) is 6.92 Å². The number of rotatable bonds is 6. The molecule has 0 bridgehead atoms. The molecule has 2 aromatic rings. The first kappa shape index (κ1) is 15.4. The maximum absolute atomic E-state index is 12.2. The number of aryl methyl sites for hydroxylation is 1. The lowest BCUT2D eigenvalue weighted by atomic mass is 10.3. The molecular weight excluding hydrogens is 288 g/mol. The van der Waals surface area contributed by atoms with E-state index in [1.807, 2.05) is 44.2 Å². The minimum atomic E-state index is -0.202. The van der Waals surface area contributed by atoms with Crippen molar-refractivity contribution in [1.29, 1.82) is 0 Å². The molecule has 0 saturated heterocycles. The Labute approximate surface area is 128 Å². The van der Waals surface area contributed by atoms with Crippen LogP contribution in [0.15, 0.2) is 34.9 Å². The number of nitrogens with one attached hydrogen (secondary N) is 1. The maximum Gasteiger partial charge on any atom is 0.237 e. The van der Waals surface area contributed by atoms with Crippen LogP contribution >= 0.6 is 11.8 Å². The number of benzene rings is 1. The lowest BCUT2D eigenvalue weighted by Crippen LogP contribution is -2.22. The van der Waals surface area contributed by atoms with Gasteiger partial charge in [-0.3, -0.25) is 4.79 Å². The molecule has 0 spiro atoms. The third kappa shape index (κ3) is 4.26. The molecule has 0 radical (unpaired) electrons. The van der Waals surface area contributed by atoms with Crippen LogP contribution in [0.25, 0.3) is 0 Å². The number of aromatic nitrogens is 1. The molecule has 6 heteroatoms. The second kappa shape index (κ2) is 7.17. The lowest BCUT2D eigenvalue weighted by molar-refractivity contribution is -0.115. The van der Waals surface area contributed by atoms with Crippen LogP contribution < -0.4 is 10.1 Å². The van der Waals surface area contributed by atoms with E-state index in [2.05, 4.69) is 10.5 Å². The van der Waals surface area contributed by atoms with E-state index in [0.29, 0.717) is 17.2 Å². The number of carbonyl (C=O) groups is 1. The number of para-hydroxylation sites is 2. The monoisotopic (exact) mass is 306 g/mol. The molecule has 0 saturated carbocycles. The zero-order chi connectivity index (χ0) is 15.2. The van der Waals surface area contributed by atoms with Crippen molar-refractivity contribution in [2.24, 2.45) is 0 Å². The van der Waals surface area contributed by atoms with Crippen LogP contribution in [0.5, 0.6) is 5.75 Å². The molecule has 112 valence electrons. The molecule has 0 unspecified atom stereocenters. The van der Waals surface area contributed by atoms with Crippen LogP contribution in [-0.2, 0) is 10.5 Å². The number of thioether (sulfide) groups is 1. The summed E-state index contributed by atoms with van der Waals surface area (Å²) in [6, 6.07) is 9.21. The molecular formula is C15H18N2O3S. The van der Waals surface area contributed by atoms with E-state index in [0.717, 1.165) is 11.5 Å². The largest absolute Gasteiger partial charge is 0.495 e. The van der Waals surface area contributed by atoms with Crippen molar-refractivity contribution in [2.45, 2.75) is 24.9 Å². The maximum atomic E-state index is 12.2. The summed E-state index contributed by atoms with van der Waals surface area (Å²) in [6.07, 6.45) is 0. The highest BCUT2D eigenvalue weighted by atomic mass is 32.2. The predicted octanol–water partition coefficient (Wildman–Crippen LogP) is 3.25. The Morgan fingerprint density at radius 2 is 2.24 bits per heavy atom. The van der Waals surface area contributed by atoms with E-state index in [9.17, 15) is 4.79 Å². The van der Waals surface area contributed by atoms with Gasteiger partial charge in [-0.15, -0.1) is 11.8 Å². The van der Waals surface area contributed by atoms with Gasteiger partial charge in [0, 0.05) is 11.8 Å². The summed E-state index contributed by atoms with van der Waals surface area (Å²) in [5, 5.41) is 6.58. The van der Waals surface area contributed by atoms with E-state index in [1.54, 1.807) is 7.11 Å². The van der Waals surface area contributed by atoms with Crippen molar-refractivity contribution in [3.63, 3.8) is 0 Å². The quantitative estimate of drug-likeness (QED) is 0.887. The van der Waals surface area contributed by atoms with E-state index >= 15 is 0 Å². The van der Waals surface area contributed by atoms with Crippen LogP contribution in [0.4, 0.5) is 5.69 Å². The van der Waals surface area contributed by atoms with E-state index in [-0.39, 0.29) is 11.2 Å². The highest BCUT2D eigenvalue weighted by molar-refractivity contribution is 7.99. The first-order chi connectivity index (χ1) is 10.1. The Morgan fingerprint density at radius 3 is 2.90 bits per heavy atom. The van der Waals surface area contributed by atoms with E-state index < -0.39 is 0 Å². The molecule has 5 nitrogen and oxygen atoms in total. The highest BCUT2D eigenvalue weighted by Crippen LogP contribution is 2.25. The summed E-state index contributed by atoms with van der Waals surface area (Å²) in [5.41, 5.74) is 1.52. The van der Waals surface area contributed by atoms with Crippen molar-refractivity contribution in [2.75, 3.05) is 12.4 Å². The van der Waals surface area contributed by atoms with Crippen LogP contribution in [0.2, 0.25) is 0 Å². The SMILES string of the molecule is COc1ccccc1NC(=O)[C@@H](C)SCc1cc(C)on1. The van der Waals surface area contributed by atoms with Gasteiger partial charge in [-0.05, 0) is 26.0 Å².